The van der Waals surface area contributed by atoms with Crippen molar-refractivity contribution in [3.63, 3.8) is 0 Å². The average Bonchev–Trinajstić information content (AvgIpc) is 2.35. The van der Waals surface area contributed by atoms with Gasteiger partial charge in [0.05, 0.1) is 32.8 Å². The van der Waals surface area contributed by atoms with Crippen LogP contribution in [-0.4, -0.2) is 27.3 Å². The molecule has 0 saturated carbocycles. The molecule has 0 radical (unpaired) electrons. The van der Waals surface area contributed by atoms with Crippen molar-refractivity contribution in [2.24, 2.45) is 0 Å². The third-order valence-corrected chi connectivity index (χ3v) is 2.45. The molecule has 16 heavy (non-hydrogen) atoms. The normalized spacial score (nSPS) is 9.75. The van der Waals surface area contributed by atoms with Crippen LogP contribution in [0.15, 0.2) is 12.1 Å². The van der Waals surface area contributed by atoms with Crippen molar-refractivity contribution < 1.29 is 19.0 Å². The van der Waals surface area contributed by atoms with Crippen molar-refractivity contribution in [2.75, 3.05) is 21.3 Å². The van der Waals surface area contributed by atoms with E-state index in [4.69, 9.17) is 21.1 Å². The first kappa shape index (κ1) is 12.6. The first-order valence-corrected chi connectivity index (χ1v) is 5.11. The summed E-state index contributed by atoms with van der Waals surface area (Å²) in [4.78, 5) is 11.5. The summed E-state index contributed by atoms with van der Waals surface area (Å²) in [6, 6.07) is 3.24. The Balaban J connectivity index is 3.37. The summed E-state index contributed by atoms with van der Waals surface area (Å²) >= 11 is 5.80. The number of halogens is 1. The quantitative estimate of drug-likeness (QED) is 0.602. The highest BCUT2D eigenvalue weighted by Crippen LogP contribution is 2.34. The predicted molar refractivity (Wildman–Crippen MR) is 60.4 cm³/mol. The summed E-state index contributed by atoms with van der Waals surface area (Å²) in [7, 11) is 4.33. The second kappa shape index (κ2) is 5.61. The number of alkyl halides is 1. The molecule has 0 aliphatic heterocycles. The Morgan fingerprint density at radius 2 is 1.94 bits per heavy atom. The first-order valence-electron chi connectivity index (χ1n) is 4.57. The van der Waals surface area contributed by atoms with Gasteiger partial charge in [-0.25, -0.2) is 4.79 Å². The van der Waals surface area contributed by atoms with E-state index < -0.39 is 5.97 Å². The molecule has 0 atom stereocenters. The van der Waals surface area contributed by atoms with Crippen molar-refractivity contribution in [3.05, 3.63) is 23.3 Å². The Morgan fingerprint density at radius 3 is 2.38 bits per heavy atom. The maximum Gasteiger partial charge on any atom is 0.338 e. The fraction of sp³-hybridized carbons (Fsp3) is 0.364. The molecule has 0 aliphatic carbocycles. The van der Waals surface area contributed by atoms with E-state index in [1.165, 1.54) is 21.3 Å². The third kappa shape index (κ3) is 2.22. The molecule has 0 N–H and O–H groups in total. The molecule has 0 saturated heterocycles. The van der Waals surface area contributed by atoms with Crippen LogP contribution in [0.25, 0.3) is 0 Å². The Kier molecular flexibility index (Phi) is 4.43. The summed E-state index contributed by atoms with van der Waals surface area (Å²) in [5.74, 6) is 0.688. The lowest BCUT2D eigenvalue weighted by Gasteiger charge is -2.13. The summed E-state index contributed by atoms with van der Waals surface area (Å²) in [5, 5.41) is 0. The number of ether oxygens (including phenoxy) is 3. The number of esters is 1. The number of rotatable bonds is 4. The molecule has 88 valence electrons. The standard InChI is InChI=1S/C11H13ClO4/c1-14-9-5-4-7(11(13)16-3)8(6-12)10(9)15-2/h4-5H,6H2,1-3H3. The molecule has 0 fully saturated rings. The lowest BCUT2D eigenvalue weighted by molar-refractivity contribution is 0.0599. The molecule has 0 aromatic heterocycles. The monoisotopic (exact) mass is 244 g/mol. The second-order valence-corrected chi connectivity index (χ2v) is 3.22. The largest absolute Gasteiger partial charge is 0.493 e. The molecule has 0 aliphatic rings. The zero-order valence-electron chi connectivity index (χ0n) is 9.37. The summed E-state index contributed by atoms with van der Waals surface area (Å²) in [6.45, 7) is 0. The smallest absolute Gasteiger partial charge is 0.338 e. The minimum absolute atomic E-state index is 0.144. The average molecular weight is 245 g/mol. The molecule has 0 heterocycles. The fourth-order valence-electron chi connectivity index (χ4n) is 1.42. The van der Waals surface area contributed by atoms with Gasteiger partial charge < -0.3 is 14.2 Å². The molecule has 4 nitrogen and oxygen atoms in total. The van der Waals surface area contributed by atoms with Crippen LogP contribution in [0.3, 0.4) is 0 Å². The fourth-order valence-corrected chi connectivity index (χ4v) is 1.69. The Labute approximate surface area is 99.1 Å². The van der Waals surface area contributed by atoms with Crippen molar-refractivity contribution >= 4 is 17.6 Å². The molecule has 0 amide bonds. The topological polar surface area (TPSA) is 44.8 Å². The second-order valence-electron chi connectivity index (χ2n) is 2.95. The van der Waals surface area contributed by atoms with E-state index >= 15 is 0 Å². The van der Waals surface area contributed by atoms with Crippen LogP contribution in [-0.2, 0) is 10.6 Å². The molecular formula is C11H13ClO4. The van der Waals surface area contributed by atoms with E-state index in [9.17, 15) is 4.79 Å². The number of carbonyl (C=O) groups excluding carboxylic acids is 1. The van der Waals surface area contributed by atoms with Crippen molar-refractivity contribution in [3.8, 4) is 11.5 Å². The van der Waals surface area contributed by atoms with E-state index in [1.807, 2.05) is 0 Å². The van der Waals surface area contributed by atoms with Gasteiger partial charge in [0.15, 0.2) is 11.5 Å². The van der Waals surface area contributed by atoms with Gasteiger partial charge in [0.25, 0.3) is 0 Å². The zero-order chi connectivity index (χ0) is 12.1. The molecular weight excluding hydrogens is 232 g/mol. The highest BCUT2D eigenvalue weighted by Gasteiger charge is 2.19. The van der Waals surface area contributed by atoms with Gasteiger partial charge in [-0.1, -0.05) is 0 Å². The molecule has 1 aromatic carbocycles. The van der Waals surface area contributed by atoms with Gasteiger partial charge in [-0.15, -0.1) is 11.6 Å². The van der Waals surface area contributed by atoms with Gasteiger partial charge >= 0.3 is 5.97 Å². The van der Waals surface area contributed by atoms with E-state index in [0.717, 1.165) is 0 Å². The SMILES string of the molecule is COC(=O)c1ccc(OC)c(OC)c1CCl. The molecule has 0 unspecified atom stereocenters. The Morgan fingerprint density at radius 1 is 1.25 bits per heavy atom. The van der Waals surface area contributed by atoms with E-state index in [1.54, 1.807) is 12.1 Å². The molecule has 5 heteroatoms. The lowest BCUT2D eigenvalue weighted by Crippen LogP contribution is -2.07. The van der Waals surface area contributed by atoms with Gasteiger partial charge in [-0.2, -0.15) is 0 Å². The third-order valence-electron chi connectivity index (χ3n) is 2.19. The summed E-state index contributed by atoms with van der Waals surface area (Å²) in [6.07, 6.45) is 0. The van der Waals surface area contributed by atoms with Crippen LogP contribution >= 0.6 is 11.6 Å². The molecule has 1 aromatic rings. The number of hydrogen-bond acceptors (Lipinski definition) is 4. The zero-order valence-corrected chi connectivity index (χ0v) is 10.1. The van der Waals surface area contributed by atoms with Gasteiger partial charge in [0.1, 0.15) is 0 Å². The van der Waals surface area contributed by atoms with Crippen LogP contribution in [0.4, 0.5) is 0 Å². The number of carbonyl (C=O) groups is 1. The maximum absolute atomic E-state index is 11.5. The van der Waals surface area contributed by atoms with E-state index in [0.29, 0.717) is 22.6 Å². The van der Waals surface area contributed by atoms with Crippen LogP contribution < -0.4 is 9.47 Å². The van der Waals surface area contributed by atoms with Crippen LogP contribution in [0.5, 0.6) is 11.5 Å². The molecule has 0 spiro atoms. The minimum atomic E-state index is -0.448. The van der Waals surface area contributed by atoms with Gasteiger partial charge in [0, 0.05) is 5.56 Å². The summed E-state index contributed by atoms with van der Waals surface area (Å²) in [5.41, 5.74) is 0.950. The maximum atomic E-state index is 11.5. The lowest BCUT2D eigenvalue weighted by atomic mass is 10.1. The van der Waals surface area contributed by atoms with Crippen LogP contribution in [0.2, 0.25) is 0 Å². The van der Waals surface area contributed by atoms with Crippen molar-refractivity contribution in [1.29, 1.82) is 0 Å². The van der Waals surface area contributed by atoms with Gasteiger partial charge in [-0.3, -0.25) is 0 Å². The van der Waals surface area contributed by atoms with Gasteiger partial charge in [-0.05, 0) is 12.1 Å². The van der Waals surface area contributed by atoms with Crippen molar-refractivity contribution in [1.82, 2.24) is 0 Å². The Hall–Kier alpha value is -1.42. The number of hydrogen-bond donors (Lipinski definition) is 0. The summed E-state index contributed by atoms with van der Waals surface area (Å²) < 4.78 is 14.9. The Bertz CT molecular complexity index is 390. The van der Waals surface area contributed by atoms with E-state index in [2.05, 4.69) is 4.74 Å². The van der Waals surface area contributed by atoms with E-state index in [-0.39, 0.29) is 5.88 Å². The van der Waals surface area contributed by atoms with Gasteiger partial charge in [0.2, 0.25) is 0 Å². The number of benzene rings is 1. The highest BCUT2D eigenvalue weighted by molar-refractivity contribution is 6.18. The predicted octanol–water partition coefficient (Wildman–Crippen LogP) is 2.23. The number of methoxy groups -OCH3 is 3. The highest BCUT2D eigenvalue weighted by atomic mass is 35.5. The van der Waals surface area contributed by atoms with Crippen molar-refractivity contribution in [2.45, 2.75) is 5.88 Å². The first-order chi connectivity index (χ1) is 7.69. The molecule has 0 bridgehead atoms. The minimum Gasteiger partial charge on any atom is -0.493 e. The van der Waals surface area contributed by atoms with Crippen LogP contribution in [0, 0.1) is 0 Å². The van der Waals surface area contributed by atoms with Crippen LogP contribution in [0.1, 0.15) is 15.9 Å². The molecule has 1 rings (SSSR count).